The first kappa shape index (κ1) is 21.4. The van der Waals surface area contributed by atoms with E-state index >= 15 is 0 Å². The van der Waals surface area contributed by atoms with Crippen molar-refractivity contribution >= 4 is 28.5 Å². The van der Waals surface area contributed by atoms with Crippen molar-refractivity contribution in [1.29, 1.82) is 0 Å². The van der Waals surface area contributed by atoms with E-state index in [9.17, 15) is 14.4 Å². The Bertz CT molecular complexity index is 1370. The summed E-state index contributed by atoms with van der Waals surface area (Å²) in [6.07, 6.45) is 7.84. The smallest absolute Gasteiger partial charge is 0.295 e. The van der Waals surface area contributed by atoms with Crippen molar-refractivity contribution in [2.45, 2.75) is 13.0 Å². The lowest BCUT2D eigenvalue weighted by Crippen LogP contribution is -2.56. The summed E-state index contributed by atoms with van der Waals surface area (Å²) in [7, 11) is 0. The third kappa shape index (κ3) is 3.81. The number of rotatable bonds is 4. The first-order chi connectivity index (χ1) is 16.5. The van der Waals surface area contributed by atoms with E-state index in [0.29, 0.717) is 47.5 Å². The van der Waals surface area contributed by atoms with Crippen LogP contribution >= 0.6 is 0 Å². The van der Waals surface area contributed by atoms with E-state index in [2.05, 4.69) is 19.9 Å². The number of benzene rings is 1. The number of H-pyrrole nitrogens is 1. The second-order valence-corrected chi connectivity index (χ2v) is 8.17. The van der Waals surface area contributed by atoms with Crippen molar-refractivity contribution in [1.82, 2.24) is 29.7 Å². The van der Waals surface area contributed by atoms with Crippen LogP contribution in [0.25, 0.3) is 22.3 Å². The average molecular weight is 454 g/mol. The topological polar surface area (TPSA) is 112 Å². The Labute approximate surface area is 195 Å². The number of ketones is 1. The van der Waals surface area contributed by atoms with Crippen molar-refractivity contribution in [3.05, 3.63) is 78.5 Å². The molecule has 4 aromatic rings. The van der Waals surface area contributed by atoms with E-state index in [1.54, 1.807) is 52.8 Å². The zero-order chi connectivity index (χ0) is 23.7. The van der Waals surface area contributed by atoms with Gasteiger partial charge in [0.05, 0.1) is 17.3 Å². The quantitative estimate of drug-likeness (QED) is 0.375. The van der Waals surface area contributed by atoms with E-state index in [4.69, 9.17) is 0 Å². The molecule has 1 N–H and O–H groups in total. The van der Waals surface area contributed by atoms with Crippen LogP contribution in [0.2, 0.25) is 0 Å². The van der Waals surface area contributed by atoms with E-state index in [0.717, 1.165) is 0 Å². The molecule has 1 fully saturated rings. The minimum absolute atomic E-state index is 0.0773. The molecular formula is C25H22N6O3. The van der Waals surface area contributed by atoms with Gasteiger partial charge in [-0.3, -0.25) is 29.3 Å². The predicted octanol–water partition coefficient (Wildman–Crippen LogP) is 2.58. The third-order valence-corrected chi connectivity index (χ3v) is 6.04. The molecule has 0 radical (unpaired) electrons. The maximum absolute atomic E-state index is 13.2. The molecule has 9 nitrogen and oxygen atoms in total. The summed E-state index contributed by atoms with van der Waals surface area (Å²) in [4.78, 5) is 58.2. The molecule has 1 aliphatic heterocycles. The zero-order valence-electron chi connectivity index (χ0n) is 18.5. The number of amides is 2. The van der Waals surface area contributed by atoms with Gasteiger partial charge in [0.15, 0.2) is 0 Å². The molecule has 9 heteroatoms. The number of Topliss-reactive ketones (excluding diaryl/α,β-unsaturated/α-hetero) is 1. The fourth-order valence-corrected chi connectivity index (χ4v) is 4.31. The van der Waals surface area contributed by atoms with Crippen molar-refractivity contribution < 1.29 is 14.4 Å². The second kappa shape index (κ2) is 8.86. The Morgan fingerprint density at radius 3 is 2.56 bits per heavy atom. The summed E-state index contributed by atoms with van der Waals surface area (Å²) in [6.45, 7) is 2.87. The van der Waals surface area contributed by atoms with Gasteiger partial charge in [-0.25, -0.2) is 0 Å². The number of carbonyl (C=O) groups excluding carboxylic acids is 3. The molecule has 5 rings (SSSR count). The van der Waals surface area contributed by atoms with Gasteiger partial charge in [-0.2, -0.15) is 0 Å². The van der Waals surface area contributed by atoms with Crippen molar-refractivity contribution in [3.63, 3.8) is 0 Å². The van der Waals surface area contributed by atoms with Gasteiger partial charge in [0.1, 0.15) is 11.4 Å². The van der Waals surface area contributed by atoms with E-state index in [1.807, 2.05) is 25.1 Å². The highest BCUT2D eigenvalue weighted by atomic mass is 16.2. The first-order valence-electron chi connectivity index (χ1n) is 11.0. The molecule has 2 amide bonds. The van der Waals surface area contributed by atoms with Gasteiger partial charge < -0.3 is 14.8 Å². The highest BCUT2D eigenvalue weighted by molar-refractivity contribution is 6.45. The Morgan fingerprint density at radius 2 is 1.82 bits per heavy atom. The number of aromatic nitrogens is 4. The van der Waals surface area contributed by atoms with Crippen molar-refractivity contribution in [3.8, 4) is 11.4 Å². The minimum Gasteiger partial charge on any atom is -0.359 e. The Morgan fingerprint density at radius 1 is 1.00 bits per heavy atom. The largest absolute Gasteiger partial charge is 0.359 e. The number of carbonyl (C=O) groups is 3. The fourth-order valence-electron chi connectivity index (χ4n) is 4.31. The number of nitrogens with zero attached hydrogens (tertiary/aromatic N) is 5. The van der Waals surface area contributed by atoms with Crippen LogP contribution in [0.5, 0.6) is 0 Å². The van der Waals surface area contributed by atoms with Gasteiger partial charge in [0, 0.05) is 61.4 Å². The van der Waals surface area contributed by atoms with Crippen LogP contribution in [0.4, 0.5) is 0 Å². The zero-order valence-corrected chi connectivity index (χ0v) is 18.5. The molecule has 4 heterocycles. The highest BCUT2D eigenvalue weighted by Crippen LogP contribution is 2.27. The summed E-state index contributed by atoms with van der Waals surface area (Å²) >= 11 is 0. The molecule has 1 saturated heterocycles. The molecule has 170 valence electrons. The standard InChI is InChI=1S/C25H22N6O3/c1-16-15-30(24(33)17-5-3-2-4-6-17)11-12-31(16)25(34)23(32)19-13-29-21-18(19)7-8-28-22(21)20-14-26-9-10-27-20/h2-10,13-14,16,29H,11-12,15H2,1H3/t16-/m1/s1. The van der Waals surface area contributed by atoms with Gasteiger partial charge in [-0.15, -0.1) is 0 Å². The van der Waals surface area contributed by atoms with Crippen LogP contribution in [-0.4, -0.2) is 73.0 Å². The van der Waals surface area contributed by atoms with Gasteiger partial charge >= 0.3 is 0 Å². The number of aromatic amines is 1. The summed E-state index contributed by atoms with van der Waals surface area (Å²) in [5.74, 6) is -1.26. The fraction of sp³-hybridized carbons (Fsp3) is 0.200. The molecule has 1 aromatic carbocycles. The number of nitrogens with one attached hydrogen (secondary N) is 1. The maximum Gasteiger partial charge on any atom is 0.295 e. The minimum atomic E-state index is -0.600. The first-order valence-corrected chi connectivity index (χ1v) is 11.0. The van der Waals surface area contributed by atoms with Gasteiger partial charge in [0.2, 0.25) is 0 Å². The molecule has 1 atom stereocenters. The van der Waals surface area contributed by atoms with Crippen LogP contribution in [0.3, 0.4) is 0 Å². The van der Waals surface area contributed by atoms with Crippen LogP contribution in [0, 0.1) is 0 Å². The predicted molar refractivity (Wildman–Crippen MR) is 125 cm³/mol. The second-order valence-electron chi connectivity index (χ2n) is 8.17. The van der Waals surface area contributed by atoms with E-state index in [-0.39, 0.29) is 17.5 Å². The molecule has 0 aliphatic carbocycles. The summed E-state index contributed by atoms with van der Waals surface area (Å²) in [5.41, 5.74) is 2.62. The van der Waals surface area contributed by atoms with Crippen molar-refractivity contribution in [2.75, 3.05) is 19.6 Å². The summed E-state index contributed by atoms with van der Waals surface area (Å²) in [6, 6.07) is 10.5. The van der Waals surface area contributed by atoms with Crippen LogP contribution < -0.4 is 0 Å². The molecule has 3 aromatic heterocycles. The molecule has 34 heavy (non-hydrogen) atoms. The molecule has 0 spiro atoms. The Balaban J connectivity index is 1.35. The normalized spacial score (nSPS) is 16.0. The van der Waals surface area contributed by atoms with Crippen LogP contribution in [0.1, 0.15) is 27.6 Å². The lowest BCUT2D eigenvalue weighted by atomic mass is 10.1. The maximum atomic E-state index is 13.2. The lowest BCUT2D eigenvalue weighted by molar-refractivity contribution is -0.130. The molecule has 0 bridgehead atoms. The van der Waals surface area contributed by atoms with Crippen LogP contribution in [0.15, 0.2) is 67.4 Å². The molecular weight excluding hydrogens is 432 g/mol. The number of hydrogen-bond acceptors (Lipinski definition) is 6. The monoisotopic (exact) mass is 454 g/mol. The SMILES string of the molecule is C[C@@H]1CN(C(=O)c2ccccc2)CCN1C(=O)C(=O)c1c[nH]c2c(-c3cnccn3)nccc12. The molecule has 0 saturated carbocycles. The Kier molecular flexibility index (Phi) is 5.59. The van der Waals surface area contributed by atoms with Gasteiger partial charge in [0.25, 0.3) is 17.6 Å². The number of hydrogen-bond donors (Lipinski definition) is 1. The third-order valence-electron chi connectivity index (χ3n) is 6.04. The van der Waals surface area contributed by atoms with E-state index < -0.39 is 11.7 Å². The number of pyridine rings is 1. The number of fused-ring (bicyclic) bond motifs is 1. The van der Waals surface area contributed by atoms with E-state index in [1.165, 1.54) is 6.20 Å². The average Bonchev–Trinajstić information content (AvgIpc) is 3.33. The molecule has 1 aliphatic rings. The van der Waals surface area contributed by atoms with Gasteiger partial charge in [-0.05, 0) is 25.1 Å². The highest BCUT2D eigenvalue weighted by Gasteiger charge is 2.34. The van der Waals surface area contributed by atoms with Crippen LogP contribution in [-0.2, 0) is 4.79 Å². The molecule has 0 unspecified atom stereocenters. The Hall–Kier alpha value is -4.40. The van der Waals surface area contributed by atoms with Crippen molar-refractivity contribution in [2.24, 2.45) is 0 Å². The number of piperazine rings is 1. The summed E-state index contributed by atoms with van der Waals surface area (Å²) < 4.78 is 0. The summed E-state index contributed by atoms with van der Waals surface area (Å²) in [5, 5.41) is 0.597. The van der Waals surface area contributed by atoms with Gasteiger partial charge in [-0.1, -0.05) is 18.2 Å². The lowest BCUT2D eigenvalue weighted by Gasteiger charge is -2.39.